The lowest BCUT2D eigenvalue weighted by Crippen LogP contribution is -2.24. The predicted octanol–water partition coefficient (Wildman–Crippen LogP) is 4.75. The van der Waals surface area contributed by atoms with Crippen LogP contribution >= 0.6 is 11.6 Å². The molecule has 0 spiro atoms. The SMILES string of the molecule is Cc1ccc(OCC(=O)N/N=C\c2ccc(-c3ccc(Cl)cc3)o2)cc1C. The Morgan fingerprint density at radius 2 is 1.89 bits per heavy atom. The fourth-order valence-corrected chi connectivity index (χ4v) is 2.47. The Labute approximate surface area is 162 Å². The Morgan fingerprint density at radius 1 is 1.11 bits per heavy atom. The van der Waals surface area contributed by atoms with E-state index in [0.29, 0.717) is 22.3 Å². The molecule has 1 heterocycles. The highest BCUT2D eigenvalue weighted by molar-refractivity contribution is 6.30. The lowest BCUT2D eigenvalue weighted by atomic mass is 10.1. The van der Waals surface area contributed by atoms with Crippen LogP contribution in [0.3, 0.4) is 0 Å². The molecule has 27 heavy (non-hydrogen) atoms. The summed E-state index contributed by atoms with van der Waals surface area (Å²) in [5, 5.41) is 4.55. The molecule has 1 aromatic heterocycles. The van der Waals surface area contributed by atoms with E-state index < -0.39 is 0 Å². The number of carbonyl (C=O) groups excluding carboxylic acids is 1. The Hall–Kier alpha value is -3.05. The van der Waals surface area contributed by atoms with E-state index in [2.05, 4.69) is 10.5 Å². The van der Waals surface area contributed by atoms with E-state index in [4.69, 9.17) is 20.8 Å². The second-order valence-corrected chi connectivity index (χ2v) is 6.47. The highest BCUT2D eigenvalue weighted by atomic mass is 35.5. The molecule has 0 fully saturated rings. The molecule has 3 aromatic rings. The van der Waals surface area contributed by atoms with Gasteiger partial charge in [-0.1, -0.05) is 17.7 Å². The summed E-state index contributed by atoms with van der Waals surface area (Å²) >= 11 is 5.88. The van der Waals surface area contributed by atoms with Gasteiger partial charge in [-0.3, -0.25) is 4.79 Å². The third-order valence-corrected chi connectivity index (χ3v) is 4.24. The van der Waals surface area contributed by atoms with Crippen LogP contribution in [0, 0.1) is 13.8 Å². The highest BCUT2D eigenvalue weighted by Gasteiger charge is 2.05. The van der Waals surface area contributed by atoms with Gasteiger partial charge in [-0.25, -0.2) is 5.43 Å². The van der Waals surface area contributed by atoms with E-state index in [-0.39, 0.29) is 12.5 Å². The largest absolute Gasteiger partial charge is 0.484 e. The van der Waals surface area contributed by atoms with Crippen molar-refractivity contribution in [2.45, 2.75) is 13.8 Å². The summed E-state index contributed by atoms with van der Waals surface area (Å²) in [6, 6.07) is 16.6. The quantitative estimate of drug-likeness (QED) is 0.494. The summed E-state index contributed by atoms with van der Waals surface area (Å²) in [7, 11) is 0. The van der Waals surface area contributed by atoms with E-state index in [1.807, 2.05) is 50.2 Å². The minimum Gasteiger partial charge on any atom is -0.484 e. The maximum absolute atomic E-state index is 11.8. The number of furan rings is 1. The number of amides is 1. The standard InChI is InChI=1S/C21H19ClN2O3/c1-14-3-8-18(11-15(14)2)26-13-21(25)24-23-12-19-9-10-20(27-19)16-4-6-17(22)7-5-16/h3-12H,13H2,1-2H3,(H,24,25)/b23-12-. The number of hydrogen-bond donors (Lipinski definition) is 1. The zero-order chi connectivity index (χ0) is 19.2. The molecular formula is C21H19ClN2O3. The molecule has 5 nitrogen and oxygen atoms in total. The summed E-state index contributed by atoms with van der Waals surface area (Å²) in [5.74, 6) is 1.51. The first-order chi connectivity index (χ1) is 13.0. The van der Waals surface area contributed by atoms with Gasteiger partial charge >= 0.3 is 0 Å². The Morgan fingerprint density at radius 3 is 2.63 bits per heavy atom. The number of nitrogens with zero attached hydrogens (tertiary/aromatic N) is 1. The van der Waals surface area contributed by atoms with Gasteiger partial charge < -0.3 is 9.15 Å². The van der Waals surface area contributed by atoms with Crippen molar-refractivity contribution in [1.29, 1.82) is 0 Å². The van der Waals surface area contributed by atoms with E-state index >= 15 is 0 Å². The van der Waals surface area contributed by atoms with Crippen LogP contribution in [0.25, 0.3) is 11.3 Å². The average molecular weight is 383 g/mol. The van der Waals surface area contributed by atoms with Gasteiger partial charge in [0.2, 0.25) is 0 Å². The molecule has 0 saturated carbocycles. The average Bonchev–Trinajstić information content (AvgIpc) is 3.12. The number of halogens is 1. The Balaban J connectivity index is 1.50. The predicted molar refractivity (Wildman–Crippen MR) is 106 cm³/mol. The van der Waals surface area contributed by atoms with Crippen molar-refractivity contribution in [3.05, 3.63) is 76.5 Å². The molecular weight excluding hydrogens is 364 g/mol. The van der Waals surface area contributed by atoms with Gasteiger partial charge in [0, 0.05) is 10.6 Å². The molecule has 6 heteroatoms. The van der Waals surface area contributed by atoms with Crippen molar-refractivity contribution in [1.82, 2.24) is 5.43 Å². The summed E-state index contributed by atoms with van der Waals surface area (Å²) in [4.78, 5) is 11.8. The topological polar surface area (TPSA) is 63.8 Å². The number of ether oxygens (including phenoxy) is 1. The minimum absolute atomic E-state index is 0.117. The molecule has 0 atom stereocenters. The molecule has 2 aromatic carbocycles. The van der Waals surface area contributed by atoms with Crippen molar-refractivity contribution in [3.8, 4) is 17.1 Å². The van der Waals surface area contributed by atoms with Crippen LogP contribution in [0.4, 0.5) is 0 Å². The normalized spacial score (nSPS) is 10.9. The maximum atomic E-state index is 11.8. The van der Waals surface area contributed by atoms with Gasteiger partial charge in [-0.2, -0.15) is 5.10 Å². The molecule has 0 unspecified atom stereocenters. The first kappa shape index (κ1) is 18.7. The lowest BCUT2D eigenvalue weighted by molar-refractivity contribution is -0.123. The van der Waals surface area contributed by atoms with Crippen LogP contribution in [0.1, 0.15) is 16.9 Å². The third-order valence-electron chi connectivity index (χ3n) is 3.98. The van der Waals surface area contributed by atoms with Crippen molar-refractivity contribution in [2.24, 2.45) is 5.10 Å². The molecule has 0 aliphatic heterocycles. The summed E-state index contributed by atoms with van der Waals surface area (Å²) in [6.45, 7) is 3.90. The molecule has 0 bridgehead atoms. The Kier molecular flexibility index (Phi) is 5.94. The maximum Gasteiger partial charge on any atom is 0.277 e. The van der Waals surface area contributed by atoms with E-state index in [0.717, 1.165) is 11.1 Å². The first-order valence-electron chi connectivity index (χ1n) is 8.39. The summed E-state index contributed by atoms with van der Waals surface area (Å²) in [6.07, 6.45) is 1.44. The molecule has 0 radical (unpaired) electrons. The fraction of sp³-hybridized carbons (Fsp3) is 0.143. The van der Waals surface area contributed by atoms with Gasteiger partial charge in [-0.05, 0) is 73.5 Å². The van der Waals surface area contributed by atoms with Crippen LogP contribution in [0.15, 0.2) is 64.1 Å². The zero-order valence-electron chi connectivity index (χ0n) is 15.0. The van der Waals surface area contributed by atoms with Crippen LogP contribution in [-0.2, 0) is 4.79 Å². The number of nitrogens with one attached hydrogen (secondary N) is 1. The number of hydrogen-bond acceptors (Lipinski definition) is 4. The van der Waals surface area contributed by atoms with Gasteiger partial charge in [0.1, 0.15) is 17.3 Å². The van der Waals surface area contributed by atoms with Gasteiger partial charge in [0.05, 0.1) is 6.21 Å². The van der Waals surface area contributed by atoms with Crippen molar-refractivity contribution < 1.29 is 13.9 Å². The summed E-state index contributed by atoms with van der Waals surface area (Å²) in [5.41, 5.74) is 5.60. The molecule has 0 aliphatic rings. The van der Waals surface area contributed by atoms with Crippen molar-refractivity contribution >= 4 is 23.7 Å². The number of rotatable bonds is 6. The fourth-order valence-electron chi connectivity index (χ4n) is 2.34. The first-order valence-corrected chi connectivity index (χ1v) is 8.77. The van der Waals surface area contributed by atoms with E-state index in [1.54, 1.807) is 18.2 Å². The van der Waals surface area contributed by atoms with Gasteiger partial charge in [0.25, 0.3) is 5.91 Å². The van der Waals surface area contributed by atoms with Crippen LogP contribution in [-0.4, -0.2) is 18.7 Å². The van der Waals surface area contributed by atoms with Crippen LogP contribution in [0.2, 0.25) is 5.02 Å². The van der Waals surface area contributed by atoms with Crippen LogP contribution in [0.5, 0.6) is 5.75 Å². The van der Waals surface area contributed by atoms with Crippen molar-refractivity contribution in [3.63, 3.8) is 0 Å². The van der Waals surface area contributed by atoms with Gasteiger partial charge in [0.15, 0.2) is 6.61 Å². The molecule has 1 amide bonds. The molecule has 138 valence electrons. The number of benzene rings is 2. The number of hydrazone groups is 1. The molecule has 1 N–H and O–H groups in total. The van der Waals surface area contributed by atoms with Gasteiger partial charge in [-0.15, -0.1) is 0 Å². The van der Waals surface area contributed by atoms with E-state index in [9.17, 15) is 4.79 Å². The molecule has 3 rings (SSSR count). The molecule has 0 saturated heterocycles. The lowest BCUT2D eigenvalue weighted by Gasteiger charge is -2.07. The second kappa shape index (κ2) is 8.56. The molecule has 0 aliphatic carbocycles. The number of carbonyl (C=O) groups is 1. The smallest absolute Gasteiger partial charge is 0.277 e. The van der Waals surface area contributed by atoms with Crippen LogP contribution < -0.4 is 10.2 Å². The van der Waals surface area contributed by atoms with Crippen molar-refractivity contribution in [2.75, 3.05) is 6.61 Å². The second-order valence-electron chi connectivity index (χ2n) is 6.04. The Bertz CT molecular complexity index is 962. The highest BCUT2D eigenvalue weighted by Crippen LogP contribution is 2.23. The zero-order valence-corrected chi connectivity index (χ0v) is 15.8. The third kappa shape index (κ3) is 5.21. The number of aryl methyl sites for hydroxylation is 2. The summed E-state index contributed by atoms with van der Waals surface area (Å²) < 4.78 is 11.1. The van der Waals surface area contributed by atoms with E-state index in [1.165, 1.54) is 11.8 Å². The monoisotopic (exact) mass is 382 g/mol. The minimum atomic E-state index is -0.353.